The average molecular weight is 239 g/mol. The van der Waals surface area contributed by atoms with E-state index in [2.05, 4.69) is 4.98 Å². The van der Waals surface area contributed by atoms with E-state index in [1.165, 1.54) is 0 Å². The van der Waals surface area contributed by atoms with Crippen molar-refractivity contribution in [3.63, 3.8) is 0 Å². The number of hydrogen-bond acceptors (Lipinski definition) is 3. The van der Waals surface area contributed by atoms with E-state index in [1.54, 1.807) is 0 Å². The summed E-state index contributed by atoms with van der Waals surface area (Å²) < 4.78 is 61.5. The van der Waals surface area contributed by atoms with Gasteiger partial charge in [0.15, 0.2) is 0 Å². The first-order chi connectivity index (χ1) is 7.20. The van der Waals surface area contributed by atoms with Crippen LogP contribution in [0.15, 0.2) is 12.3 Å². The Kier molecular flexibility index (Phi) is 2.85. The van der Waals surface area contributed by atoms with E-state index in [-0.39, 0.29) is 5.69 Å². The zero-order chi connectivity index (χ0) is 12.6. The molecular formula is C8H6F5N3. The minimum absolute atomic E-state index is 0.165. The molecule has 1 rings (SSSR count). The number of halogens is 5. The number of anilines is 1. The second-order valence-corrected chi connectivity index (χ2v) is 2.91. The van der Waals surface area contributed by atoms with Crippen LogP contribution >= 0.6 is 0 Å². The molecule has 0 aliphatic carbocycles. The predicted molar refractivity (Wildman–Crippen MR) is 46.5 cm³/mol. The Bertz CT molecular complexity index is 413. The van der Waals surface area contributed by atoms with Crippen molar-refractivity contribution in [1.82, 2.24) is 4.98 Å². The van der Waals surface area contributed by atoms with Gasteiger partial charge in [0.25, 0.3) is 0 Å². The van der Waals surface area contributed by atoms with Crippen LogP contribution in [0.4, 0.5) is 27.6 Å². The molecule has 0 bridgehead atoms. The number of pyridine rings is 1. The molecule has 0 unspecified atom stereocenters. The number of rotatable bonds is 2. The first-order valence-corrected chi connectivity index (χ1v) is 3.91. The SMILES string of the molecule is N=Cc1ncc(C(F)(F)C(F)(F)F)cc1N. The molecule has 0 saturated heterocycles. The Balaban J connectivity index is 3.25. The van der Waals surface area contributed by atoms with Crippen LogP contribution in [0.1, 0.15) is 11.3 Å². The first-order valence-electron chi connectivity index (χ1n) is 3.91. The first kappa shape index (κ1) is 12.3. The third-order valence-electron chi connectivity index (χ3n) is 1.80. The third kappa shape index (κ3) is 1.95. The maximum absolute atomic E-state index is 12.8. The Hall–Kier alpha value is -1.73. The van der Waals surface area contributed by atoms with Crippen LogP contribution in [0.2, 0.25) is 0 Å². The van der Waals surface area contributed by atoms with Gasteiger partial charge in [-0.1, -0.05) is 0 Å². The molecule has 0 aliphatic rings. The molecule has 16 heavy (non-hydrogen) atoms. The van der Waals surface area contributed by atoms with Crippen LogP contribution < -0.4 is 5.73 Å². The van der Waals surface area contributed by atoms with Crippen molar-refractivity contribution < 1.29 is 22.0 Å². The van der Waals surface area contributed by atoms with Crippen molar-refractivity contribution in [2.75, 3.05) is 5.73 Å². The predicted octanol–water partition coefficient (Wildman–Crippen LogP) is 2.32. The van der Waals surface area contributed by atoms with Crippen LogP contribution in [-0.4, -0.2) is 17.4 Å². The average Bonchev–Trinajstić information content (AvgIpc) is 2.15. The molecular weight excluding hydrogens is 233 g/mol. The van der Waals surface area contributed by atoms with Gasteiger partial charge in [-0.3, -0.25) is 4.98 Å². The number of nitrogens with zero attached hydrogens (tertiary/aromatic N) is 1. The van der Waals surface area contributed by atoms with Gasteiger partial charge >= 0.3 is 12.1 Å². The van der Waals surface area contributed by atoms with Gasteiger partial charge in [-0.25, -0.2) is 0 Å². The topological polar surface area (TPSA) is 62.8 Å². The van der Waals surface area contributed by atoms with E-state index in [0.717, 1.165) is 0 Å². The molecule has 0 aromatic carbocycles. The summed E-state index contributed by atoms with van der Waals surface area (Å²) in [7, 11) is 0. The lowest BCUT2D eigenvalue weighted by atomic mass is 10.1. The van der Waals surface area contributed by atoms with Crippen molar-refractivity contribution in [2.24, 2.45) is 0 Å². The van der Waals surface area contributed by atoms with Crippen molar-refractivity contribution in [2.45, 2.75) is 12.1 Å². The molecule has 8 heteroatoms. The zero-order valence-corrected chi connectivity index (χ0v) is 7.65. The van der Waals surface area contributed by atoms with E-state index in [0.29, 0.717) is 18.5 Å². The van der Waals surface area contributed by atoms with Crippen LogP contribution in [-0.2, 0) is 5.92 Å². The molecule has 1 aromatic rings. The molecule has 88 valence electrons. The highest BCUT2D eigenvalue weighted by Crippen LogP contribution is 2.43. The second kappa shape index (κ2) is 3.69. The largest absolute Gasteiger partial charge is 0.458 e. The van der Waals surface area contributed by atoms with Crippen LogP contribution in [0.5, 0.6) is 0 Å². The fourth-order valence-electron chi connectivity index (χ4n) is 0.948. The summed E-state index contributed by atoms with van der Waals surface area (Å²) in [6.07, 6.45) is -4.69. The molecule has 0 fully saturated rings. The maximum atomic E-state index is 12.8. The molecule has 0 radical (unpaired) electrons. The summed E-state index contributed by atoms with van der Waals surface area (Å²) in [6.45, 7) is 0. The van der Waals surface area contributed by atoms with E-state index < -0.39 is 23.3 Å². The van der Waals surface area contributed by atoms with Gasteiger partial charge < -0.3 is 11.1 Å². The lowest BCUT2D eigenvalue weighted by Gasteiger charge is -2.19. The number of nitrogens with two attached hydrogens (primary N) is 1. The van der Waals surface area contributed by atoms with Crippen LogP contribution in [0.3, 0.4) is 0 Å². The number of nitrogen functional groups attached to an aromatic ring is 1. The molecule has 0 atom stereocenters. The molecule has 1 heterocycles. The number of aromatic nitrogens is 1. The van der Waals surface area contributed by atoms with Crippen molar-refractivity contribution >= 4 is 11.9 Å². The van der Waals surface area contributed by atoms with E-state index >= 15 is 0 Å². The highest BCUT2D eigenvalue weighted by atomic mass is 19.4. The van der Waals surface area contributed by atoms with E-state index in [1.807, 2.05) is 0 Å². The maximum Gasteiger partial charge on any atom is 0.458 e. The standard InChI is InChI=1S/C8H6F5N3/c9-7(10,8(11,12)13)4-1-5(15)6(2-14)16-3-4/h1-3,14H,15H2. The molecule has 3 N–H and O–H groups in total. The fourth-order valence-corrected chi connectivity index (χ4v) is 0.948. The molecule has 0 saturated carbocycles. The van der Waals surface area contributed by atoms with Gasteiger partial charge in [-0.15, -0.1) is 0 Å². The van der Waals surface area contributed by atoms with Crippen molar-refractivity contribution in [1.29, 1.82) is 5.41 Å². The summed E-state index contributed by atoms with van der Waals surface area (Å²) in [4.78, 5) is 3.23. The molecule has 0 spiro atoms. The summed E-state index contributed by atoms with van der Waals surface area (Å²) in [6, 6.07) is 0.459. The zero-order valence-electron chi connectivity index (χ0n) is 7.65. The monoisotopic (exact) mass is 239 g/mol. The van der Waals surface area contributed by atoms with Crippen LogP contribution in [0, 0.1) is 5.41 Å². The van der Waals surface area contributed by atoms with Crippen LogP contribution in [0.25, 0.3) is 0 Å². The quantitative estimate of drug-likeness (QED) is 0.614. The van der Waals surface area contributed by atoms with Gasteiger partial charge in [0, 0.05) is 12.4 Å². The normalized spacial score (nSPS) is 12.6. The Morgan fingerprint density at radius 1 is 1.25 bits per heavy atom. The molecule has 1 aromatic heterocycles. The van der Waals surface area contributed by atoms with E-state index in [4.69, 9.17) is 11.1 Å². The van der Waals surface area contributed by atoms with E-state index in [9.17, 15) is 22.0 Å². The number of hydrogen-bond donors (Lipinski definition) is 2. The second-order valence-electron chi connectivity index (χ2n) is 2.91. The highest BCUT2D eigenvalue weighted by Gasteiger charge is 2.59. The van der Waals surface area contributed by atoms with Gasteiger partial charge in [-0.05, 0) is 6.07 Å². The summed E-state index contributed by atoms with van der Waals surface area (Å²) in [5.41, 5.74) is 3.24. The smallest absolute Gasteiger partial charge is 0.397 e. The molecule has 0 amide bonds. The number of nitrogens with one attached hydrogen (secondary N) is 1. The fraction of sp³-hybridized carbons (Fsp3) is 0.250. The van der Waals surface area contributed by atoms with Gasteiger partial charge in [-0.2, -0.15) is 22.0 Å². The van der Waals surface area contributed by atoms with Crippen molar-refractivity contribution in [3.05, 3.63) is 23.5 Å². The summed E-state index contributed by atoms with van der Waals surface area (Å²) in [5, 5.41) is 6.76. The highest BCUT2D eigenvalue weighted by molar-refractivity contribution is 5.82. The lowest BCUT2D eigenvalue weighted by molar-refractivity contribution is -0.289. The third-order valence-corrected chi connectivity index (χ3v) is 1.80. The van der Waals surface area contributed by atoms with Crippen molar-refractivity contribution in [3.8, 4) is 0 Å². The van der Waals surface area contributed by atoms with Gasteiger partial charge in [0.05, 0.1) is 11.3 Å². The van der Waals surface area contributed by atoms with Gasteiger partial charge in [0.1, 0.15) is 5.69 Å². The summed E-state index contributed by atoms with van der Waals surface area (Å²) >= 11 is 0. The Morgan fingerprint density at radius 3 is 2.19 bits per heavy atom. The lowest BCUT2D eigenvalue weighted by Crippen LogP contribution is -2.33. The van der Waals surface area contributed by atoms with Gasteiger partial charge in [0.2, 0.25) is 0 Å². The molecule has 3 nitrogen and oxygen atoms in total. The Morgan fingerprint density at radius 2 is 1.81 bits per heavy atom. The number of alkyl halides is 5. The Labute approximate surface area is 86.6 Å². The molecule has 0 aliphatic heterocycles. The summed E-state index contributed by atoms with van der Waals surface area (Å²) in [5.74, 6) is -5.01. The minimum atomic E-state index is -5.70. The minimum Gasteiger partial charge on any atom is -0.397 e.